The average Bonchev–Trinajstić information content (AvgIpc) is 2.98. The summed E-state index contributed by atoms with van der Waals surface area (Å²) < 4.78 is 0. The van der Waals surface area contributed by atoms with Crippen LogP contribution in [0, 0.1) is 52.5 Å². The first-order valence-electron chi connectivity index (χ1n) is 11.6. The van der Waals surface area contributed by atoms with Crippen molar-refractivity contribution in [1.82, 2.24) is 0 Å². The van der Waals surface area contributed by atoms with Crippen LogP contribution in [-0.4, -0.2) is 15.3 Å². The van der Waals surface area contributed by atoms with Crippen molar-refractivity contribution in [3.05, 3.63) is 124 Å². The molecule has 6 aromatic carbocycles. The van der Waals surface area contributed by atoms with Crippen LogP contribution in [0.2, 0.25) is 0 Å². The van der Waals surface area contributed by atoms with E-state index in [2.05, 4.69) is 15.5 Å². The molecular formula is C30H21HoN3O6. The molecule has 203 valence electrons. The predicted octanol–water partition coefficient (Wildman–Crippen LogP) is 8.83. The second kappa shape index (κ2) is 14.1. The van der Waals surface area contributed by atoms with E-state index in [1.165, 1.54) is 18.2 Å². The summed E-state index contributed by atoms with van der Waals surface area (Å²) in [5, 5.41) is 41.1. The van der Waals surface area contributed by atoms with Gasteiger partial charge in [0.25, 0.3) is 0 Å². The molecule has 0 aliphatic rings. The van der Waals surface area contributed by atoms with Crippen LogP contribution in [0.25, 0.3) is 32.3 Å². The van der Waals surface area contributed by atoms with Gasteiger partial charge in [-0.15, -0.1) is 14.7 Å². The van der Waals surface area contributed by atoms with Crippen LogP contribution < -0.4 is 0 Å². The number of fused-ring (bicyclic) bond motifs is 3. The van der Waals surface area contributed by atoms with Gasteiger partial charge in [-0.05, 0) is 49.9 Å². The fourth-order valence-corrected chi connectivity index (χ4v) is 4.02. The van der Waals surface area contributed by atoms with Gasteiger partial charge in [-0.2, -0.15) is 0 Å². The van der Waals surface area contributed by atoms with Crippen LogP contribution in [0.3, 0.4) is 0 Å². The monoisotopic (exact) mass is 684 g/mol. The van der Waals surface area contributed by atoms with Crippen LogP contribution in [-0.2, 0) is 0 Å². The van der Waals surface area contributed by atoms with Gasteiger partial charge in [-0.1, -0.05) is 91.0 Å². The molecule has 0 fully saturated rings. The number of benzene rings is 6. The molecule has 6 rings (SSSR count). The molecular weight excluding hydrogens is 663 g/mol. The first-order valence-corrected chi connectivity index (χ1v) is 11.6. The number of hydrogen-bond acceptors (Lipinski definition) is 9. The summed E-state index contributed by atoms with van der Waals surface area (Å²) >= 11 is 0. The molecule has 0 atom stereocenters. The molecule has 0 spiro atoms. The molecule has 3 N–H and O–H groups in total. The topological polar surface area (TPSA) is 149 Å². The Labute approximate surface area is 257 Å². The maximum atomic E-state index is 10.4. The van der Waals surface area contributed by atoms with Crippen LogP contribution >= 0.6 is 0 Å². The van der Waals surface area contributed by atoms with Gasteiger partial charge in [0, 0.05) is 53.9 Å². The minimum Gasteiger partial charge on any atom is -0.506 e. The standard InChI is InChI=1S/3C10H7NO2.Ho/c3*12-9-6-5-7-3-1-2-4-8(7)10(9)11-13;/h3*1-6,12H;. The smallest absolute Gasteiger partial charge is 0.157 e. The molecule has 0 aliphatic heterocycles. The number of phenolic OH excluding ortho intramolecular Hbond substituents is 3. The van der Waals surface area contributed by atoms with Crippen molar-refractivity contribution in [1.29, 1.82) is 0 Å². The number of hydrogen-bond donors (Lipinski definition) is 3. The van der Waals surface area contributed by atoms with E-state index in [9.17, 15) is 30.0 Å². The van der Waals surface area contributed by atoms with Gasteiger partial charge < -0.3 is 15.3 Å². The molecule has 0 bridgehead atoms. The Bertz CT molecular complexity index is 1620. The van der Waals surface area contributed by atoms with Crippen molar-refractivity contribution in [2.24, 2.45) is 15.5 Å². The van der Waals surface area contributed by atoms with Crippen molar-refractivity contribution in [2.75, 3.05) is 0 Å². The number of aromatic hydroxyl groups is 3. The van der Waals surface area contributed by atoms with E-state index in [1.807, 2.05) is 36.4 Å². The maximum absolute atomic E-state index is 10.4. The average molecular weight is 684 g/mol. The fraction of sp³-hybridized carbons (Fsp3) is 0. The van der Waals surface area contributed by atoms with Crippen LogP contribution in [0.4, 0.5) is 17.1 Å². The second-order valence-electron chi connectivity index (χ2n) is 8.24. The zero-order chi connectivity index (χ0) is 27.8. The van der Waals surface area contributed by atoms with Gasteiger partial charge in [-0.3, -0.25) is 0 Å². The van der Waals surface area contributed by atoms with Crippen LogP contribution in [0.15, 0.2) is 125 Å². The van der Waals surface area contributed by atoms with Crippen LogP contribution in [0.5, 0.6) is 17.2 Å². The SMILES string of the molecule is O=Nc1c(O)ccc2ccccc12.O=Nc1c(O)ccc2ccccc12.O=Nc1c(O)ccc2ccccc12.[Ho]. The number of rotatable bonds is 3. The Morgan fingerprint density at radius 3 is 0.875 bits per heavy atom. The molecule has 10 heteroatoms. The molecule has 1 radical (unpaired) electrons. The first kappa shape index (κ1) is 30.1. The summed E-state index contributed by atoms with van der Waals surface area (Å²) in [5.41, 5.74) is 0.328. The van der Waals surface area contributed by atoms with Crippen LogP contribution in [0.1, 0.15) is 0 Å². The van der Waals surface area contributed by atoms with Gasteiger partial charge in [0.15, 0.2) is 17.1 Å². The van der Waals surface area contributed by atoms with Gasteiger partial charge in [-0.25, -0.2) is 0 Å². The summed E-state index contributed by atoms with van der Waals surface area (Å²) in [6.45, 7) is 0. The minimum atomic E-state index is -0.0753. The predicted molar refractivity (Wildman–Crippen MR) is 153 cm³/mol. The van der Waals surface area contributed by atoms with Gasteiger partial charge >= 0.3 is 0 Å². The van der Waals surface area contributed by atoms with Crippen molar-refractivity contribution in [2.45, 2.75) is 0 Å². The molecule has 40 heavy (non-hydrogen) atoms. The molecule has 0 saturated heterocycles. The Morgan fingerprint density at radius 2 is 0.625 bits per heavy atom. The van der Waals surface area contributed by atoms with E-state index in [4.69, 9.17) is 0 Å². The minimum absolute atomic E-state index is 0. The van der Waals surface area contributed by atoms with E-state index in [0.717, 1.165) is 16.2 Å². The molecule has 0 heterocycles. The number of nitrogens with zero attached hydrogens (tertiary/aromatic N) is 3. The Kier molecular flexibility index (Phi) is 10.6. The summed E-state index contributed by atoms with van der Waals surface area (Å²) in [4.78, 5) is 31.3. The first-order chi connectivity index (χ1) is 19.0. The third-order valence-corrected chi connectivity index (χ3v) is 5.91. The van der Waals surface area contributed by atoms with E-state index < -0.39 is 0 Å². The quantitative estimate of drug-likeness (QED) is 0.125. The van der Waals surface area contributed by atoms with E-state index in [0.29, 0.717) is 16.2 Å². The molecule has 0 amide bonds. The Balaban J connectivity index is 0.000000163. The third kappa shape index (κ3) is 6.58. The largest absolute Gasteiger partial charge is 0.506 e. The van der Waals surface area contributed by atoms with E-state index in [-0.39, 0.29) is 72.0 Å². The zero-order valence-electron chi connectivity index (χ0n) is 20.6. The van der Waals surface area contributed by atoms with Gasteiger partial charge in [0.1, 0.15) is 17.2 Å². The number of nitroso groups, excluding NO2 is 3. The Hall–Kier alpha value is -4.44. The van der Waals surface area contributed by atoms with E-state index in [1.54, 1.807) is 54.6 Å². The molecule has 0 aliphatic carbocycles. The zero-order valence-corrected chi connectivity index (χ0v) is 22.5. The van der Waals surface area contributed by atoms with Gasteiger partial charge in [0.2, 0.25) is 0 Å². The van der Waals surface area contributed by atoms with E-state index >= 15 is 0 Å². The molecule has 6 aromatic rings. The van der Waals surface area contributed by atoms with Crippen molar-refractivity contribution in [3.8, 4) is 17.2 Å². The van der Waals surface area contributed by atoms with Crippen molar-refractivity contribution in [3.63, 3.8) is 0 Å². The van der Waals surface area contributed by atoms with Gasteiger partial charge in [0.05, 0.1) is 0 Å². The molecule has 0 saturated carbocycles. The summed E-state index contributed by atoms with van der Waals surface area (Å²) in [5.74, 6) is -0.226. The molecule has 0 aromatic heterocycles. The van der Waals surface area contributed by atoms with Crippen molar-refractivity contribution < 1.29 is 53.1 Å². The summed E-state index contributed by atoms with van der Waals surface area (Å²) in [6, 6.07) is 31.5. The maximum Gasteiger partial charge on any atom is 0.157 e. The summed E-state index contributed by atoms with van der Waals surface area (Å²) in [6.07, 6.45) is 0. The third-order valence-electron chi connectivity index (χ3n) is 5.91. The Morgan fingerprint density at radius 1 is 0.375 bits per heavy atom. The molecule has 0 unspecified atom stereocenters. The van der Waals surface area contributed by atoms with Crippen molar-refractivity contribution >= 4 is 49.4 Å². The molecule has 9 nitrogen and oxygen atoms in total. The fourth-order valence-electron chi connectivity index (χ4n) is 4.02. The number of phenols is 3. The summed E-state index contributed by atoms with van der Waals surface area (Å²) in [7, 11) is 0. The second-order valence-corrected chi connectivity index (χ2v) is 8.24. The normalized spacial score (nSPS) is 9.90.